The summed E-state index contributed by atoms with van der Waals surface area (Å²) in [6.45, 7) is 8.71. The zero-order valence-electron chi connectivity index (χ0n) is 21.4. The second kappa shape index (κ2) is 7.30. The fourth-order valence-electron chi connectivity index (χ4n) is 6.38. The lowest BCUT2D eigenvalue weighted by Crippen LogP contribution is -2.35. The van der Waals surface area contributed by atoms with Crippen LogP contribution in [0.4, 0.5) is 0 Å². The predicted octanol–water partition coefficient (Wildman–Crippen LogP) is 8.27. The highest BCUT2D eigenvalue weighted by atomic mass is 16.5. The van der Waals surface area contributed by atoms with Crippen LogP contribution in [0.15, 0.2) is 60.7 Å². The van der Waals surface area contributed by atoms with Crippen molar-refractivity contribution in [2.45, 2.75) is 45.6 Å². The van der Waals surface area contributed by atoms with Gasteiger partial charge in [0.25, 0.3) is 0 Å². The molecule has 3 heterocycles. The standard InChI is InChI=1S/C32H30N2O2/c1-17-13-22-20-10-8-11-21(28(20)34-29(22)26(14-17)35-5)24-16-32(3,4)36-31-18(2)15-23-19-9-6-7-12-25(19)33-30(23)27(24)31/h6-15,24,33-34H,16H2,1-5H3. The Morgan fingerprint density at radius 1 is 0.833 bits per heavy atom. The van der Waals surface area contributed by atoms with Gasteiger partial charge in [0.2, 0.25) is 0 Å². The lowest BCUT2D eigenvalue weighted by atomic mass is 9.78. The van der Waals surface area contributed by atoms with Gasteiger partial charge < -0.3 is 19.4 Å². The minimum Gasteiger partial charge on any atom is -0.495 e. The molecule has 4 aromatic carbocycles. The van der Waals surface area contributed by atoms with Crippen LogP contribution >= 0.6 is 0 Å². The van der Waals surface area contributed by atoms with Gasteiger partial charge in [-0.25, -0.2) is 0 Å². The summed E-state index contributed by atoms with van der Waals surface area (Å²) in [5.74, 6) is 2.06. The molecular weight excluding hydrogens is 444 g/mol. The van der Waals surface area contributed by atoms with E-state index in [0.717, 1.165) is 29.0 Å². The van der Waals surface area contributed by atoms with Crippen molar-refractivity contribution < 1.29 is 9.47 Å². The van der Waals surface area contributed by atoms with Crippen LogP contribution in [0.25, 0.3) is 43.6 Å². The number of rotatable bonds is 2. The van der Waals surface area contributed by atoms with E-state index in [0.29, 0.717) is 0 Å². The summed E-state index contributed by atoms with van der Waals surface area (Å²) < 4.78 is 12.4. The molecule has 0 aliphatic carbocycles. The van der Waals surface area contributed by atoms with Crippen LogP contribution in [0.1, 0.15) is 48.4 Å². The molecule has 0 bridgehead atoms. The van der Waals surface area contributed by atoms with Crippen molar-refractivity contribution in [3.05, 3.63) is 82.9 Å². The molecule has 0 radical (unpaired) electrons. The zero-order valence-corrected chi connectivity index (χ0v) is 21.4. The summed E-state index contributed by atoms with van der Waals surface area (Å²) in [5, 5.41) is 4.95. The van der Waals surface area contributed by atoms with Gasteiger partial charge in [-0.05, 0) is 75.1 Å². The number of methoxy groups -OCH3 is 1. The quantitative estimate of drug-likeness (QED) is 0.265. The van der Waals surface area contributed by atoms with Gasteiger partial charge in [-0.2, -0.15) is 0 Å². The Balaban J connectivity index is 1.58. The first-order valence-electron chi connectivity index (χ1n) is 12.7. The van der Waals surface area contributed by atoms with E-state index >= 15 is 0 Å². The van der Waals surface area contributed by atoms with Crippen LogP contribution in [-0.4, -0.2) is 22.7 Å². The van der Waals surface area contributed by atoms with Gasteiger partial charge in [0, 0.05) is 38.5 Å². The second-order valence-electron chi connectivity index (χ2n) is 10.9. The van der Waals surface area contributed by atoms with Crippen LogP contribution in [0.3, 0.4) is 0 Å². The van der Waals surface area contributed by atoms with Gasteiger partial charge >= 0.3 is 0 Å². The van der Waals surface area contributed by atoms with E-state index in [-0.39, 0.29) is 11.5 Å². The van der Waals surface area contributed by atoms with Crippen molar-refractivity contribution in [3.8, 4) is 11.5 Å². The first kappa shape index (κ1) is 21.4. The monoisotopic (exact) mass is 474 g/mol. The molecule has 1 aliphatic heterocycles. The zero-order chi connectivity index (χ0) is 24.8. The first-order chi connectivity index (χ1) is 17.3. The lowest BCUT2D eigenvalue weighted by molar-refractivity contribution is 0.0773. The Morgan fingerprint density at radius 3 is 2.44 bits per heavy atom. The predicted molar refractivity (Wildman–Crippen MR) is 149 cm³/mol. The Kier molecular flexibility index (Phi) is 4.33. The average Bonchev–Trinajstić information content (AvgIpc) is 3.41. The molecule has 0 fully saturated rings. The number of hydrogen-bond acceptors (Lipinski definition) is 2. The normalized spacial score (nSPS) is 17.1. The van der Waals surface area contributed by atoms with Crippen LogP contribution in [0, 0.1) is 13.8 Å². The van der Waals surface area contributed by atoms with E-state index in [9.17, 15) is 0 Å². The summed E-state index contributed by atoms with van der Waals surface area (Å²) in [7, 11) is 1.74. The fraction of sp³-hybridized carbons (Fsp3) is 0.250. The number of nitrogens with one attached hydrogen (secondary N) is 2. The van der Waals surface area contributed by atoms with Crippen molar-refractivity contribution in [1.82, 2.24) is 9.97 Å². The third kappa shape index (κ3) is 2.94. The third-order valence-electron chi connectivity index (χ3n) is 7.88. The van der Waals surface area contributed by atoms with Gasteiger partial charge in [0.1, 0.15) is 17.1 Å². The summed E-state index contributed by atoms with van der Waals surface area (Å²) in [6, 6.07) is 21.9. The molecule has 6 aromatic rings. The van der Waals surface area contributed by atoms with E-state index in [1.165, 1.54) is 54.8 Å². The molecule has 180 valence electrons. The Bertz CT molecular complexity index is 1840. The summed E-state index contributed by atoms with van der Waals surface area (Å²) in [4.78, 5) is 7.51. The Labute approximate surface area is 210 Å². The second-order valence-corrected chi connectivity index (χ2v) is 10.9. The molecule has 0 saturated heterocycles. The molecule has 2 aromatic heterocycles. The molecule has 36 heavy (non-hydrogen) atoms. The Hall–Kier alpha value is -3.92. The molecule has 4 nitrogen and oxygen atoms in total. The smallest absolute Gasteiger partial charge is 0.143 e. The number of aromatic nitrogens is 2. The highest BCUT2D eigenvalue weighted by Gasteiger charge is 2.38. The third-order valence-corrected chi connectivity index (χ3v) is 7.88. The van der Waals surface area contributed by atoms with Gasteiger partial charge in [-0.15, -0.1) is 0 Å². The number of ether oxygens (including phenoxy) is 2. The number of para-hydroxylation sites is 2. The summed E-state index contributed by atoms with van der Waals surface area (Å²) >= 11 is 0. The van der Waals surface area contributed by atoms with Crippen molar-refractivity contribution >= 4 is 43.6 Å². The molecule has 1 atom stereocenters. The lowest BCUT2D eigenvalue weighted by Gasteiger charge is -2.39. The molecule has 4 heteroatoms. The van der Waals surface area contributed by atoms with Crippen LogP contribution < -0.4 is 9.47 Å². The number of aromatic amines is 2. The number of benzene rings is 4. The fourth-order valence-corrected chi connectivity index (χ4v) is 6.38. The molecule has 0 amide bonds. The highest BCUT2D eigenvalue weighted by Crippen LogP contribution is 2.51. The molecule has 2 N–H and O–H groups in total. The largest absolute Gasteiger partial charge is 0.495 e. The molecule has 7 rings (SSSR count). The average molecular weight is 475 g/mol. The number of aryl methyl sites for hydroxylation is 2. The van der Waals surface area contributed by atoms with E-state index < -0.39 is 0 Å². The Morgan fingerprint density at radius 2 is 1.61 bits per heavy atom. The SMILES string of the molecule is COc1cc(C)cc2c1[nH]c1c(C3CC(C)(C)Oc4c(C)cc5c([nH]c6ccccc65)c43)cccc12. The van der Waals surface area contributed by atoms with Crippen LogP contribution in [-0.2, 0) is 0 Å². The molecule has 0 spiro atoms. The van der Waals surface area contributed by atoms with Crippen molar-refractivity contribution in [2.24, 2.45) is 0 Å². The molecule has 1 aliphatic rings. The van der Waals surface area contributed by atoms with Crippen LogP contribution in [0.5, 0.6) is 11.5 Å². The highest BCUT2D eigenvalue weighted by molar-refractivity contribution is 6.12. The van der Waals surface area contributed by atoms with Gasteiger partial charge in [0.05, 0.1) is 23.7 Å². The number of H-pyrrole nitrogens is 2. The van der Waals surface area contributed by atoms with E-state index in [4.69, 9.17) is 9.47 Å². The summed E-state index contributed by atoms with van der Waals surface area (Å²) in [6.07, 6.45) is 0.887. The van der Waals surface area contributed by atoms with Gasteiger partial charge in [-0.1, -0.05) is 36.4 Å². The molecule has 1 unspecified atom stereocenters. The van der Waals surface area contributed by atoms with Crippen molar-refractivity contribution in [3.63, 3.8) is 0 Å². The van der Waals surface area contributed by atoms with Crippen molar-refractivity contribution in [2.75, 3.05) is 7.11 Å². The maximum Gasteiger partial charge on any atom is 0.143 e. The minimum absolute atomic E-state index is 0.170. The van der Waals surface area contributed by atoms with E-state index in [1.54, 1.807) is 7.11 Å². The molecule has 0 saturated carbocycles. The van der Waals surface area contributed by atoms with Crippen molar-refractivity contribution in [1.29, 1.82) is 0 Å². The number of fused-ring (bicyclic) bond motifs is 8. The topological polar surface area (TPSA) is 50.0 Å². The van der Waals surface area contributed by atoms with E-state index in [1.807, 2.05) is 0 Å². The maximum atomic E-state index is 6.68. The first-order valence-corrected chi connectivity index (χ1v) is 12.7. The van der Waals surface area contributed by atoms with E-state index in [2.05, 4.69) is 98.3 Å². The summed E-state index contributed by atoms with van der Waals surface area (Å²) in [5.41, 5.74) is 9.21. The molecular formula is C32H30N2O2. The van der Waals surface area contributed by atoms with Crippen LogP contribution in [0.2, 0.25) is 0 Å². The maximum absolute atomic E-state index is 6.68. The van der Waals surface area contributed by atoms with Gasteiger partial charge in [0.15, 0.2) is 0 Å². The van der Waals surface area contributed by atoms with Gasteiger partial charge in [-0.3, -0.25) is 0 Å². The minimum atomic E-state index is -0.287. The number of hydrogen-bond donors (Lipinski definition) is 2.